The number of carbonyl (C=O) groups is 2. The van der Waals surface area contributed by atoms with Crippen molar-refractivity contribution in [2.75, 3.05) is 13.1 Å². The molecular formula is C18H16N6O12. The van der Waals surface area contributed by atoms with Crippen LogP contribution in [-0.2, 0) is 22.7 Å². The Labute approximate surface area is 199 Å². The molecule has 0 aliphatic rings. The van der Waals surface area contributed by atoms with Crippen molar-refractivity contribution in [3.8, 4) is 0 Å². The summed E-state index contributed by atoms with van der Waals surface area (Å²) in [5, 5.41) is 44.8. The second-order valence-corrected chi connectivity index (χ2v) is 6.63. The van der Waals surface area contributed by atoms with Crippen LogP contribution in [0, 0.1) is 40.5 Å². The van der Waals surface area contributed by atoms with Crippen LogP contribution in [0.15, 0.2) is 36.4 Å². The Morgan fingerprint density at radius 3 is 1.25 bits per heavy atom. The van der Waals surface area contributed by atoms with Crippen molar-refractivity contribution in [2.45, 2.75) is 13.2 Å². The number of hydrogen-bond donors (Lipinski definition) is 1. The fraction of sp³-hybridized carbons (Fsp3) is 0.222. The van der Waals surface area contributed by atoms with Crippen LogP contribution in [0.25, 0.3) is 0 Å². The molecule has 2 N–H and O–H groups in total. The summed E-state index contributed by atoms with van der Waals surface area (Å²) in [5.41, 5.74) is 1.39. The van der Waals surface area contributed by atoms with Gasteiger partial charge < -0.3 is 15.2 Å². The minimum Gasteiger partial charge on any atom is -0.444 e. The Kier molecular flexibility index (Phi) is 8.80. The normalized spacial score (nSPS) is 10.2. The summed E-state index contributed by atoms with van der Waals surface area (Å²) in [6.07, 6.45) is -2.93. The number of nitro benzene ring substituents is 4. The van der Waals surface area contributed by atoms with E-state index in [-0.39, 0.29) is 11.4 Å². The number of amides is 2. The van der Waals surface area contributed by atoms with Crippen LogP contribution in [0.4, 0.5) is 32.3 Å². The van der Waals surface area contributed by atoms with Gasteiger partial charge in [-0.25, -0.2) is 14.5 Å². The monoisotopic (exact) mass is 508 g/mol. The SMILES string of the molecule is NCCN(C(=O)OCc1c([N+](=O)[O-])cccc1[N+](=O)[O-])C(=O)OCc1c([N+](=O)[O-])cccc1[N+](=O)[O-]. The van der Waals surface area contributed by atoms with Gasteiger partial charge in [-0.15, -0.1) is 0 Å². The van der Waals surface area contributed by atoms with E-state index in [0.717, 1.165) is 36.4 Å². The molecule has 0 radical (unpaired) electrons. The van der Waals surface area contributed by atoms with E-state index in [1.165, 1.54) is 0 Å². The highest BCUT2D eigenvalue weighted by atomic mass is 16.6. The minimum atomic E-state index is -1.46. The maximum atomic E-state index is 12.5. The van der Waals surface area contributed by atoms with Crippen LogP contribution in [0.5, 0.6) is 0 Å². The lowest BCUT2D eigenvalue weighted by Gasteiger charge is -2.19. The minimum absolute atomic E-state index is 0.279. The molecule has 2 rings (SSSR count). The molecule has 0 spiro atoms. The Balaban J connectivity index is 2.24. The summed E-state index contributed by atoms with van der Waals surface area (Å²) in [4.78, 5) is 66.3. The first-order chi connectivity index (χ1) is 17.0. The summed E-state index contributed by atoms with van der Waals surface area (Å²) in [6.45, 7) is -2.79. The molecule has 0 fully saturated rings. The smallest absolute Gasteiger partial charge is 0.419 e. The lowest BCUT2D eigenvalue weighted by molar-refractivity contribution is -0.396. The summed E-state index contributed by atoms with van der Waals surface area (Å²) >= 11 is 0. The number of benzene rings is 2. The number of imide groups is 1. The molecule has 18 nitrogen and oxygen atoms in total. The van der Waals surface area contributed by atoms with E-state index in [1.807, 2.05) is 0 Å². The van der Waals surface area contributed by atoms with E-state index in [0.29, 0.717) is 0 Å². The molecule has 18 heteroatoms. The molecular weight excluding hydrogens is 492 g/mol. The molecule has 0 atom stereocenters. The molecule has 0 unspecified atom stereocenters. The number of ether oxygens (including phenoxy) is 2. The summed E-state index contributed by atoms with van der Waals surface area (Å²) in [7, 11) is 0. The zero-order chi connectivity index (χ0) is 27.0. The standard InChI is InChI=1S/C18H16N6O12/c19-7-8-20(17(25)35-9-11-13(21(27)28)3-1-4-14(11)22(29)30)18(26)36-10-12-15(23(31)32)5-2-6-16(12)24(33)34/h1-6H,7-10,19H2. The molecule has 0 heterocycles. The summed E-state index contributed by atoms with van der Waals surface area (Å²) in [5.74, 6) is 0. The molecule has 0 aliphatic heterocycles. The fourth-order valence-electron chi connectivity index (χ4n) is 2.92. The highest BCUT2D eigenvalue weighted by Gasteiger charge is 2.31. The van der Waals surface area contributed by atoms with Gasteiger partial charge >= 0.3 is 12.2 Å². The Bertz CT molecular complexity index is 1080. The third kappa shape index (κ3) is 6.20. The van der Waals surface area contributed by atoms with Crippen LogP contribution in [-0.4, -0.2) is 49.9 Å². The Morgan fingerprint density at radius 2 is 1.00 bits per heavy atom. The van der Waals surface area contributed by atoms with Crippen molar-refractivity contribution >= 4 is 34.9 Å². The van der Waals surface area contributed by atoms with Crippen molar-refractivity contribution in [1.82, 2.24) is 4.90 Å². The van der Waals surface area contributed by atoms with Gasteiger partial charge in [-0.05, 0) is 12.1 Å². The predicted molar refractivity (Wildman–Crippen MR) is 116 cm³/mol. The van der Waals surface area contributed by atoms with Crippen molar-refractivity contribution in [3.05, 3.63) is 88.0 Å². The van der Waals surface area contributed by atoms with Crippen LogP contribution in [0.2, 0.25) is 0 Å². The lowest BCUT2D eigenvalue weighted by Crippen LogP contribution is -2.41. The van der Waals surface area contributed by atoms with Crippen LogP contribution < -0.4 is 5.73 Å². The van der Waals surface area contributed by atoms with E-state index in [1.54, 1.807) is 0 Å². The van der Waals surface area contributed by atoms with Gasteiger partial charge in [-0.3, -0.25) is 40.5 Å². The number of carbonyl (C=O) groups excluding carboxylic acids is 2. The highest BCUT2D eigenvalue weighted by molar-refractivity contribution is 5.87. The molecule has 0 bridgehead atoms. The van der Waals surface area contributed by atoms with Crippen molar-refractivity contribution in [3.63, 3.8) is 0 Å². The zero-order valence-electron chi connectivity index (χ0n) is 18.0. The van der Waals surface area contributed by atoms with Crippen LogP contribution in [0.3, 0.4) is 0 Å². The Morgan fingerprint density at radius 1 is 0.694 bits per heavy atom. The third-order valence-corrected chi connectivity index (χ3v) is 4.51. The lowest BCUT2D eigenvalue weighted by atomic mass is 10.1. The van der Waals surface area contributed by atoms with Gasteiger partial charge in [0.15, 0.2) is 0 Å². The molecule has 36 heavy (non-hydrogen) atoms. The van der Waals surface area contributed by atoms with Gasteiger partial charge in [0.1, 0.15) is 24.3 Å². The highest BCUT2D eigenvalue weighted by Crippen LogP contribution is 2.30. The van der Waals surface area contributed by atoms with Gasteiger partial charge in [0.25, 0.3) is 22.7 Å². The number of nitrogens with zero attached hydrogens (tertiary/aromatic N) is 5. The van der Waals surface area contributed by atoms with E-state index in [2.05, 4.69) is 0 Å². The van der Waals surface area contributed by atoms with Crippen molar-refractivity contribution in [1.29, 1.82) is 0 Å². The molecule has 2 aromatic rings. The van der Waals surface area contributed by atoms with Gasteiger partial charge in [0, 0.05) is 37.4 Å². The maximum Gasteiger partial charge on any atom is 0.419 e. The molecule has 2 aromatic carbocycles. The maximum absolute atomic E-state index is 12.5. The van der Waals surface area contributed by atoms with Crippen molar-refractivity contribution < 1.29 is 38.8 Å². The largest absolute Gasteiger partial charge is 0.444 e. The van der Waals surface area contributed by atoms with E-state index in [9.17, 15) is 50.0 Å². The number of nitro groups is 4. The molecule has 0 saturated heterocycles. The first-order valence-corrected chi connectivity index (χ1v) is 9.62. The first kappa shape index (κ1) is 27.0. The van der Waals surface area contributed by atoms with Crippen molar-refractivity contribution in [2.24, 2.45) is 5.73 Å². The number of hydrogen-bond acceptors (Lipinski definition) is 13. The molecule has 0 aliphatic carbocycles. The zero-order valence-corrected chi connectivity index (χ0v) is 18.0. The van der Waals surface area contributed by atoms with Crippen LogP contribution >= 0.6 is 0 Å². The van der Waals surface area contributed by atoms with Gasteiger partial charge in [0.2, 0.25) is 0 Å². The Hall–Kier alpha value is -5.26. The quantitative estimate of drug-likeness (QED) is 0.358. The molecule has 190 valence electrons. The third-order valence-electron chi connectivity index (χ3n) is 4.51. The predicted octanol–water partition coefficient (Wildman–Crippen LogP) is 2.55. The topological polar surface area (TPSA) is 254 Å². The molecule has 2 amide bonds. The second kappa shape index (κ2) is 11.7. The van der Waals surface area contributed by atoms with Gasteiger partial charge in [0.05, 0.1) is 19.7 Å². The molecule has 0 aromatic heterocycles. The van der Waals surface area contributed by atoms with Gasteiger partial charge in [-0.1, -0.05) is 0 Å². The molecule has 0 saturated carbocycles. The van der Waals surface area contributed by atoms with Crippen LogP contribution in [0.1, 0.15) is 11.1 Å². The summed E-state index contributed by atoms with van der Waals surface area (Å²) < 4.78 is 9.65. The fourth-order valence-corrected chi connectivity index (χ4v) is 2.92. The first-order valence-electron chi connectivity index (χ1n) is 9.62. The number of nitrogens with two attached hydrogens (primary N) is 1. The average Bonchev–Trinajstić information content (AvgIpc) is 2.83. The van der Waals surface area contributed by atoms with E-state index in [4.69, 9.17) is 15.2 Å². The van der Waals surface area contributed by atoms with E-state index >= 15 is 0 Å². The average molecular weight is 508 g/mol. The second-order valence-electron chi connectivity index (χ2n) is 6.63. The summed E-state index contributed by atoms with van der Waals surface area (Å²) in [6, 6.07) is 5.90. The van der Waals surface area contributed by atoms with E-state index < -0.39 is 85.5 Å². The number of rotatable bonds is 10. The van der Waals surface area contributed by atoms with Gasteiger partial charge in [-0.2, -0.15) is 0 Å².